The van der Waals surface area contributed by atoms with Crippen molar-refractivity contribution >= 4 is 17.7 Å². The molecule has 1 aromatic rings. The van der Waals surface area contributed by atoms with Crippen LogP contribution in [-0.4, -0.2) is 35.1 Å². The van der Waals surface area contributed by atoms with Gasteiger partial charge in [-0.1, -0.05) is 23.8 Å². The number of carboxylic acid groups (broad SMARTS) is 1. The molecule has 1 heterocycles. The molecular weight excluding hydrogens is 256 g/mol. The van der Waals surface area contributed by atoms with Crippen molar-refractivity contribution in [3.8, 4) is 0 Å². The zero-order valence-corrected chi connectivity index (χ0v) is 11.6. The van der Waals surface area contributed by atoms with Crippen molar-refractivity contribution in [2.45, 2.75) is 20.3 Å². The normalized spacial score (nSPS) is 14.7. The predicted molar refractivity (Wildman–Crippen MR) is 77.1 cm³/mol. The Hall–Kier alpha value is -2.30. The number of hydrogen-bond donors (Lipinski definition) is 2. The van der Waals surface area contributed by atoms with Gasteiger partial charge in [-0.15, -0.1) is 0 Å². The van der Waals surface area contributed by atoms with Crippen LogP contribution in [0.5, 0.6) is 0 Å². The fourth-order valence-electron chi connectivity index (χ4n) is 2.15. The maximum atomic E-state index is 12.2. The lowest BCUT2D eigenvalue weighted by Crippen LogP contribution is -2.38. The zero-order valence-electron chi connectivity index (χ0n) is 11.6. The first-order valence-corrected chi connectivity index (χ1v) is 6.53. The van der Waals surface area contributed by atoms with Gasteiger partial charge in [0.15, 0.2) is 0 Å². The first-order chi connectivity index (χ1) is 9.49. The van der Waals surface area contributed by atoms with Crippen molar-refractivity contribution in [1.29, 1.82) is 0 Å². The van der Waals surface area contributed by atoms with Crippen LogP contribution in [-0.2, 0) is 0 Å². The van der Waals surface area contributed by atoms with Crippen molar-refractivity contribution in [2.24, 2.45) is 0 Å². The Labute approximate surface area is 117 Å². The largest absolute Gasteiger partial charge is 0.478 e. The van der Waals surface area contributed by atoms with Crippen LogP contribution < -0.4 is 5.32 Å². The van der Waals surface area contributed by atoms with Crippen molar-refractivity contribution in [1.82, 2.24) is 4.90 Å². The summed E-state index contributed by atoms with van der Waals surface area (Å²) in [7, 11) is 0. The average Bonchev–Trinajstić information content (AvgIpc) is 2.41. The number of para-hydroxylation sites is 1. The predicted octanol–water partition coefficient (Wildman–Crippen LogP) is 2.88. The second-order valence-corrected chi connectivity index (χ2v) is 4.98. The highest BCUT2D eigenvalue weighted by Crippen LogP contribution is 2.21. The molecule has 0 atom stereocenters. The van der Waals surface area contributed by atoms with Crippen LogP contribution in [0.25, 0.3) is 0 Å². The van der Waals surface area contributed by atoms with Gasteiger partial charge in [-0.25, -0.2) is 9.59 Å². The molecule has 5 heteroatoms. The maximum Gasteiger partial charge on any atom is 0.337 e. The van der Waals surface area contributed by atoms with Crippen LogP contribution >= 0.6 is 0 Å². The number of rotatable bonds is 2. The molecule has 0 saturated heterocycles. The van der Waals surface area contributed by atoms with Crippen LogP contribution in [0, 0.1) is 6.92 Å². The second-order valence-electron chi connectivity index (χ2n) is 4.98. The Morgan fingerprint density at radius 3 is 2.65 bits per heavy atom. The Morgan fingerprint density at radius 2 is 2.05 bits per heavy atom. The number of carbonyl (C=O) groups excluding carboxylic acids is 1. The van der Waals surface area contributed by atoms with Crippen LogP contribution in [0.2, 0.25) is 0 Å². The van der Waals surface area contributed by atoms with E-state index < -0.39 is 5.97 Å². The highest BCUT2D eigenvalue weighted by molar-refractivity contribution is 6.01. The molecule has 0 radical (unpaired) electrons. The number of aromatic carboxylic acids is 1. The molecule has 0 aliphatic carbocycles. The average molecular weight is 274 g/mol. The van der Waals surface area contributed by atoms with Crippen molar-refractivity contribution in [2.75, 3.05) is 18.4 Å². The molecule has 5 nitrogen and oxygen atoms in total. The molecule has 0 bridgehead atoms. The first kappa shape index (κ1) is 14.1. The Morgan fingerprint density at radius 1 is 1.30 bits per heavy atom. The molecule has 2 rings (SSSR count). The quantitative estimate of drug-likeness (QED) is 0.815. The summed E-state index contributed by atoms with van der Waals surface area (Å²) in [5, 5.41) is 11.9. The highest BCUT2D eigenvalue weighted by Gasteiger charge is 2.19. The molecular formula is C15H18N2O3. The smallest absolute Gasteiger partial charge is 0.337 e. The number of carboxylic acids is 1. The molecule has 2 amide bonds. The molecule has 0 aromatic heterocycles. The summed E-state index contributed by atoms with van der Waals surface area (Å²) in [6.45, 7) is 5.04. The molecule has 2 N–H and O–H groups in total. The third-order valence-electron chi connectivity index (χ3n) is 3.46. The molecule has 1 aliphatic heterocycles. The zero-order chi connectivity index (χ0) is 14.7. The van der Waals surface area contributed by atoms with E-state index in [-0.39, 0.29) is 11.6 Å². The summed E-state index contributed by atoms with van der Waals surface area (Å²) in [6.07, 6.45) is 2.87. The molecule has 106 valence electrons. The standard InChI is InChI=1S/C15H18N2O3/c1-10-6-8-17(9-7-10)15(20)16-13-11(2)4-3-5-12(13)14(18)19/h3-6H,7-9H2,1-2H3,(H,16,20)(H,18,19). The van der Waals surface area contributed by atoms with Crippen molar-refractivity contribution in [3.63, 3.8) is 0 Å². The monoisotopic (exact) mass is 274 g/mol. The topological polar surface area (TPSA) is 69.6 Å². The number of nitrogens with one attached hydrogen (secondary N) is 1. The van der Waals surface area contributed by atoms with E-state index in [9.17, 15) is 14.7 Å². The number of nitrogens with zero attached hydrogens (tertiary/aromatic N) is 1. The van der Waals surface area contributed by atoms with Gasteiger partial charge in [-0.05, 0) is 31.9 Å². The van der Waals surface area contributed by atoms with Crippen molar-refractivity contribution in [3.05, 3.63) is 41.0 Å². The number of aryl methyl sites for hydroxylation is 1. The van der Waals surface area contributed by atoms with Crippen LogP contribution in [0.1, 0.15) is 29.3 Å². The number of hydrogen-bond acceptors (Lipinski definition) is 2. The third kappa shape index (κ3) is 2.99. The van der Waals surface area contributed by atoms with Gasteiger partial charge < -0.3 is 15.3 Å². The van der Waals surface area contributed by atoms with E-state index in [1.807, 2.05) is 13.0 Å². The van der Waals surface area contributed by atoms with Gasteiger partial charge in [-0.2, -0.15) is 0 Å². The van der Waals surface area contributed by atoms with E-state index in [4.69, 9.17) is 0 Å². The maximum absolute atomic E-state index is 12.2. The molecule has 0 saturated carbocycles. The van der Waals surface area contributed by atoms with Gasteiger partial charge >= 0.3 is 12.0 Å². The van der Waals surface area contributed by atoms with Gasteiger partial charge in [0.25, 0.3) is 0 Å². The van der Waals surface area contributed by atoms with E-state index in [2.05, 4.69) is 5.32 Å². The minimum Gasteiger partial charge on any atom is -0.478 e. The van der Waals surface area contributed by atoms with E-state index in [1.54, 1.807) is 24.0 Å². The molecule has 1 aliphatic rings. The van der Waals surface area contributed by atoms with Crippen LogP contribution in [0.4, 0.5) is 10.5 Å². The number of carbonyl (C=O) groups is 2. The van der Waals surface area contributed by atoms with Crippen LogP contribution in [0.15, 0.2) is 29.8 Å². The van der Waals surface area contributed by atoms with E-state index >= 15 is 0 Å². The first-order valence-electron chi connectivity index (χ1n) is 6.53. The van der Waals surface area contributed by atoms with E-state index in [0.717, 1.165) is 12.0 Å². The van der Waals surface area contributed by atoms with Gasteiger partial charge in [0, 0.05) is 13.1 Å². The fourth-order valence-corrected chi connectivity index (χ4v) is 2.15. The Balaban J connectivity index is 2.18. The van der Waals surface area contributed by atoms with Gasteiger partial charge in [0.05, 0.1) is 11.3 Å². The lowest BCUT2D eigenvalue weighted by Gasteiger charge is -2.26. The van der Waals surface area contributed by atoms with Crippen molar-refractivity contribution < 1.29 is 14.7 Å². The third-order valence-corrected chi connectivity index (χ3v) is 3.46. The summed E-state index contributed by atoms with van der Waals surface area (Å²) in [4.78, 5) is 25.1. The van der Waals surface area contributed by atoms with Gasteiger partial charge in [-0.3, -0.25) is 0 Å². The molecule has 0 fully saturated rings. The Bertz CT molecular complexity index is 578. The molecule has 1 aromatic carbocycles. The summed E-state index contributed by atoms with van der Waals surface area (Å²) in [5.41, 5.74) is 2.50. The minimum atomic E-state index is -1.04. The summed E-state index contributed by atoms with van der Waals surface area (Å²) < 4.78 is 0. The summed E-state index contributed by atoms with van der Waals surface area (Å²) >= 11 is 0. The molecule has 0 spiro atoms. The number of amides is 2. The molecule has 20 heavy (non-hydrogen) atoms. The van der Waals surface area contributed by atoms with Crippen LogP contribution in [0.3, 0.4) is 0 Å². The number of benzene rings is 1. The lowest BCUT2D eigenvalue weighted by atomic mass is 10.1. The summed E-state index contributed by atoms with van der Waals surface area (Å²) in [5.74, 6) is -1.04. The minimum absolute atomic E-state index is 0.113. The van der Waals surface area contributed by atoms with E-state index in [1.165, 1.54) is 11.6 Å². The highest BCUT2D eigenvalue weighted by atomic mass is 16.4. The van der Waals surface area contributed by atoms with Gasteiger partial charge in [0.2, 0.25) is 0 Å². The number of urea groups is 1. The SMILES string of the molecule is CC1=CCN(C(=O)Nc2c(C)cccc2C(=O)O)CC1. The summed E-state index contributed by atoms with van der Waals surface area (Å²) in [6, 6.07) is 4.68. The lowest BCUT2D eigenvalue weighted by molar-refractivity contribution is 0.0698. The second kappa shape index (κ2) is 5.77. The Kier molecular flexibility index (Phi) is 4.08. The van der Waals surface area contributed by atoms with Gasteiger partial charge in [0.1, 0.15) is 0 Å². The number of anilines is 1. The van der Waals surface area contributed by atoms with E-state index in [0.29, 0.717) is 18.8 Å². The fraction of sp³-hybridized carbons (Fsp3) is 0.333. The molecule has 0 unspecified atom stereocenters.